The van der Waals surface area contributed by atoms with Crippen molar-refractivity contribution in [2.24, 2.45) is 0 Å². The van der Waals surface area contributed by atoms with Crippen LogP contribution in [-0.4, -0.2) is 30.4 Å². The smallest absolute Gasteiger partial charge is 0.387 e. The fraction of sp³-hybridized carbons (Fsp3) is 0.462. The first-order valence-corrected chi connectivity index (χ1v) is 6.17. The molecule has 0 heterocycles. The summed E-state index contributed by atoms with van der Waals surface area (Å²) in [5, 5.41) is 14.1. The molecule has 1 rings (SSSR count). The van der Waals surface area contributed by atoms with E-state index in [2.05, 4.69) is 15.4 Å². The first kappa shape index (κ1) is 16.2. The second-order valence-electron chi connectivity index (χ2n) is 4.35. The van der Waals surface area contributed by atoms with Gasteiger partial charge in [0.15, 0.2) is 0 Å². The molecule has 20 heavy (non-hydrogen) atoms. The van der Waals surface area contributed by atoms with Crippen LogP contribution in [0.2, 0.25) is 0 Å². The SMILES string of the molecule is Cc1cccc(OC(F)F)c1NC(=O)NCCC(C)O. The summed E-state index contributed by atoms with van der Waals surface area (Å²) < 4.78 is 28.9. The summed E-state index contributed by atoms with van der Waals surface area (Å²) in [5.74, 6) is -0.0920. The van der Waals surface area contributed by atoms with E-state index in [1.54, 1.807) is 26.0 Å². The highest BCUT2D eigenvalue weighted by Crippen LogP contribution is 2.29. The van der Waals surface area contributed by atoms with Gasteiger partial charge in [0.1, 0.15) is 5.75 Å². The summed E-state index contributed by atoms with van der Waals surface area (Å²) >= 11 is 0. The molecule has 0 saturated carbocycles. The van der Waals surface area contributed by atoms with Crippen LogP contribution >= 0.6 is 0 Å². The summed E-state index contributed by atoms with van der Waals surface area (Å²) in [7, 11) is 0. The maximum Gasteiger partial charge on any atom is 0.387 e. The maximum atomic E-state index is 12.3. The molecule has 0 aromatic heterocycles. The van der Waals surface area contributed by atoms with Gasteiger partial charge in [0.25, 0.3) is 0 Å². The van der Waals surface area contributed by atoms with Crippen LogP contribution in [-0.2, 0) is 0 Å². The Kier molecular flexibility index (Phi) is 6.17. The number of para-hydroxylation sites is 1. The Morgan fingerprint density at radius 3 is 2.75 bits per heavy atom. The fourth-order valence-electron chi connectivity index (χ4n) is 1.55. The lowest BCUT2D eigenvalue weighted by atomic mass is 10.2. The van der Waals surface area contributed by atoms with Gasteiger partial charge in [-0.15, -0.1) is 0 Å². The Balaban J connectivity index is 2.68. The van der Waals surface area contributed by atoms with Gasteiger partial charge in [0.2, 0.25) is 0 Å². The van der Waals surface area contributed by atoms with Gasteiger partial charge in [-0.1, -0.05) is 12.1 Å². The number of aryl methyl sites for hydroxylation is 1. The molecule has 0 bridgehead atoms. The fourth-order valence-corrected chi connectivity index (χ4v) is 1.55. The maximum absolute atomic E-state index is 12.3. The van der Waals surface area contributed by atoms with Gasteiger partial charge in [-0.25, -0.2) is 4.79 Å². The molecule has 2 amide bonds. The molecular formula is C13H18F2N2O3. The zero-order valence-corrected chi connectivity index (χ0v) is 11.3. The van der Waals surface area contributed by atoms with Gasteiger partial charge < -0.3 is 20.5 Å². The van der Waals surface area contributed by atoms with Crippen LogP contribution in [0.15, 0.2) is 18.2 Å². The van der Waals surface area contributed by atoms with E-state index >= 15 is 0 Å². The predicted molar refractivity (Wildman–Crippen MR) is 71.1 cm³/mol. The number of aliphatic hydroxyl groups excluding tert-OH is 1. The molecule has 112 valence electrons. The number of anilines is 1. The van der Waals surface area contributed by atoms with Crippen LogP contribution in [0.1, 0.15) is 18.9 Å². The summed E-state index contributed by atoms with van der Waals surface area (Å²) in [4.78, 5) is 11.6. The van der Waals surface area contributed by atoms with Gasteiger partial charge in [0, 0.05) is 6.54 Å². The minimum absolute atomic E-state index is 0.0920. The first-order chi connectivity index (χ1) is 9.40. The second-order valence-corrected chi connectivity index (χ2v) is 4.35. The molecule has 0 aliphatic carbocycles. The molecule has 0 fully saturated rings. The molecule has 5 nitrogen and oxygen atoms in total. The minimum atomic E-state index is -2.96. The minimum Gasteiger partial charge on any atom is -0.433 e. The highest BCUT2D eigenvalue weighted by molar-refractivity contribution is 5.91. The molecular weight excluding hydrogens is 270 g/mol. The molecule has 0 saturated heterocycles. The van der Waals surface area contributed by atoms with Crippen LogP contribution in [0.25, 0.3) is 0 Å². The standard InChI is InChI=1S/C13H18F2N2O3/c1-8-4-3-5-10(20-12(14)15)11(8)17-13(19)16-7-6-9(2)18/h3-5,9,12,18H,6-7H2,1-2H3,(H2,16,17,19). The summed E-state index contributed by atoms with van der Waals surface area (Å²) in [6.45, 7) is 0.593. The number of benzene rings is 1. The van der Waals surface area contributed by atoms with E-state index in [1.807, 2.05) is 0 Å². The molecule has 7 heteroatoms. The van der Waals surface area contributed by atoms with E-state index in [-0.39, 0.29) is 18.0 Å². The predicted octanol–water partition coefficient (Wildman–Crippen LogP) is 2.49. The van der Waals surface area contributed by atoms with Crippen molar-refractivity contribution < 1.29 is 23.4 Å². The third kappa shape index (κ3) is 5.40. The van der Waals surface area contributed by atoms with Crippen LogP contribution in [0, 0.1) is 6.92 Å². The molecule has 1 unspecified atom stereocenters. The van der Waals surface area contributed by atoms with Crippen molar-refractivity contribution in [1.29, 1.82) is 0 Å². The Hall–Kier alpha value is -1.89. The summed E-state index contributed by atoms with van der Waals surface area (Å²) in [6, 6.07) is 4.04. The van der Waals surface area contributed by atoms with Crippen LogP contribution in [0.5, 0.6) is 5.75 Å². The molecule has 0 aliphatic rings. The van der Waals surface area contributed by atoms with Crippen molar-refractivity contribution in [2.75, 3.05) is 11.9 Å². The quantitative estimate of drug-likeness (QED) is 0.753. The first-order valence-electron chi connectivity index (χ1n) is 6.17. The zero-order valence-electron chi connectivity index (χ0n) is 11.3. The van der Waals surface area contributed by atoms with Crippen molar-refractivity contribution in [3.8, 4) is 5.75 Å². The van der Waals surface area contributed by atoms with Crippen molar-refractivity contribution in [3.05, 3.63) is 23.8 Å². The normalized spacial score (nSPS) is 12.1. The number of carbonyl (C=O) groups is 1. The average molecular weight is 288 g/mol. The highest BCUT2D eigenvalue weighted by atomic mass is 19.3. The number of carbonyl (C=O) groups excluding carboxylic acids is 1. The second kappa shape index (κ2) is 7.64. The van der Waals surface area contributed by atoms with Crippen LogP contribution in [0.4, 0.5) is 19.3 Å². The average Bonchev–Trinajstić information content (AvgIpc) is 2.32. The lowest BCUT2D eigenvalue weighted by molar-refractivity contribution is -0.0493. The number of hydrogen-bond acceptors (Lipinski definition) is 3. The number of aliphatic hydroxyl groups is 1. The number of urea groups is 1. The molecule has 0 spiro atoms. The number of rotatable bonds is 6. The van der Waals surface area contributed by atoms with E-state index in [1.165, 1.54) is 6.07 Å². The summed E-state index contributed by atoms with van der Waals surface area (Å²) in [6.07, 6.45) is -0.117. The number of ether oxygens (including phenoxy) is 1. The lowest BCUT2D eigenvalue weighted by Gasteiger charge is -2.15. The summed E-state index contributed by atoms with van der Waals surface area (Å²) in [5.41, 5.74) is 0.802. The van der Waals surface area contributed by atoms with Crippen LogP contribution < -0.4 is 15.4 Å². The lowest BCUT2D eigenvalue weighted by Crippen LogP contribution is -2.31. The van der Waals surface area contributed by atoms with E-state index in [0.717, 1.165) is 0 Å². The van der Waals surface area contributed by atoms with Crippen molar-refractivity contribution in [3.63, 3.8) is 0 Å². The third-order valence-corrected chi connectivity index (χ3v) is 2.54. The topological polar surface area (TPSA) is 70.6 Å². The van der Waals surface area contributed by atoms with Crippen molar-refractivity contribution in [2.45, 2.75) is 33.0 Å². The van der Waals surface area contributed by atoms with E-state index in [0.29, 0.717) is 12.0 Å². The number of alkyl halides is 2. The molecule has 3 N–H and O–H groups in total. The van der Waals surface area contributed by atoms with Gasteiger partial charge >= 0.3 is 12.6 Å². The van der Waals surface area contributed by atoms with E-state index in [4.69, 9.17) is 5.11 Å². The Labute approximate surface area is 115 Å². The zero-order chi connectivity index (χ0) is 15.1. The molecule has 1 aromatic carbocycles. The third-order valence-electron chi connectivity index (χ3n) is 2.54. The number of hydrogen-bond donors (Lipinski definition) is 3. The molecule has 0 radical (unpaired) electrons. The van der Waals surface area contributed by atoms with Gasteiger partial charge in [-0.2, -0.15) is 8.78 Å². The Morgan fingerprint density at radius 2 is 2.15 bits per heavy atom. The monoisotopic (exact) mass is 288 g/mol. The number of nitrogens with one attached hydrogen (secondary N) is 2. The van der Waals surface area contributed by atoms with Crippen LogP contribution in [0.3, 0.4) is 0 Å². The number of amides is 2. The Bertz CT molecular complexity index is 453. The highest BCUT2D eigenvalue weighted by Gasteiger charge is 2.13. The van der Waals surface area contributed by atoms with Gasteiger partial charge in [-0.3, -0.25) is 0 Å². The van der Waals surface area contributed by atoms with Crippen molar-refractivity contribution >= 4 is 11.7 Å². The van der Waals surface area contributed by atoms with Gasteiger partial charge in [-0.05, 0) is 31.9 Å². The number of halogens is 2. The van der Waals surface area contributed by atoms with Gasteiger partial charge in [0.05, 0.1) is 11.8 Å². The Morgan fingerprint density at radius 1 is 1.45 bits per heavy atom. The van der Waals surface area contributed by atoms with E-state index < -0.39 is 18.7 Å². The largest absolute Gasteiger partial charge is 0.433 e. The molecule has 1 aromatic rings. The van der Waals surface area contributed by atoms with E-state index in [9.17, 15) is 13.6 Å². The molecule has 0 aliphatic heterocycles. The molecule has 1 atom stereocenters. The van der Waals surface area contributed by atoms with Crippen molar-refractivity contribution in [1.82, 2.24) is 5.32 Å².